The van der Waals surface area contributed by atoms with Gasteiger partial charge in [-0.1, -0.05) is 6.92 Å². The summed E-state index contributed by atoms with van der Waals surface area (Å²) in [6, 6.07) is 6.28. The van der Waals surface area contributed by atoms with Crippen LogP contribution in [0, 0.1) is 11.7 Å². The second-order valence-electron chi connectivity index (χ2n) is 5.24. The van der Waals surface area contributed by atoms with Crippen LogP contribution in [0.25, 0.3) is 0 Å². The van der Waals surface area contributed by atoms with E-state index in [1.807, 2.05) is 20.8 Å². The largest absolute Gasteiger partial charge is 0.350 e. The molecule has 0 saturated heterocycles. The summed E-state index contributed by atoms with van der Waals surface area (Å²) >= 11 is 1.54. The summed E-state index contributed by atoms with van der Waals surface area (Å²) in [5, 5.41) is 2.91. The minimum absolute atomic E-state index is 0. The molecule has 1 aromatic rings. The first-order chi connectivity index (χ1) is 8.84. The van der Waals surface area contributed by atoms with Crippen LogP contribution in [-0.4, -0.2) is 23.7 Å². The highest BCUT2D eigenvalue weighted by Crippen LogP contribution is 2.21. The normalized spacial score (nSPS) is 12.4. The molecule has 6 heteroatoms. The van der Waals surface area contributed by atoms with Crippen LogP contribution in [0.1, 0.15) is 20.8 Å². The number of amides is 1. The highest BCUT2D eigenvalue weighted by atomic mass is 35.5. The van der Waals surface area contributed by atoms with Crippen LogP contribution in [0.15, 0.2) is 29.2 Å². The van der Waals surface area contributed by atoms with Crippen LogP contribution < -0.4 is 11.1 Å². The van der Waals surface area contributed by atoms with Crippen molar-refractivity contribution in [1.82, 2.24) is 5.32 Å². The third-order valence-electron chi connectivity index (χ3n) is 2.73. The third kappa shape index (κ3) is 6.59. The SMILES string of the molecule is CC(CSc1ccc(F)cc1)C(=O)NC(C)(C)CN.Cl. The molecule has 0 fully saturated rings. The summed E-state index contributed by atoms with van der Waals surface area (Å²) in [7, 11) is 0. The zero-order chi connectivity index (χ0) is 14.5. The van der Waals surface area contributed by atoms with E-state index < -0.39 is 0 Å². The van der Waals surface area contributed by atoms with Gasteiger partial charge < -0.3 is 11.1 Å². The molecule has 0 saturated carbocycles. The summed E-state index contributed by atoms with van der Waals surface area (Å²) in [5.41, 5.74) is 5.20. The fourth-order valence-corrected chi connectivity index (χ4v) is 2.26. The van der Waals surface area contributed by atoms with Crippen LogP contribution in [0.5, 0.6) is 0 Å². The maximum Gasteiger partial charge on any atom is 0.224 e. The average molecular weight is 321 g/mol. The number of carbonyl (C=O) groups is 1. The Bertz CT molecular complexity index is 426. The van der Waals surface area contributed by atoms with Gasteiger partial charge in [0.25, 0.3) is 0 Å². The molecule has 0 spiro atoms. The second kappa shape index (κ2) is 8.49. The van der Waals surface area contributed by atoms with Gasteiger partial charge in [-0.05, 0) is 38.1 Å². The van der Waals surface area contributed by atoms with Crippen LogP contribution >= 0.6 is 24.2 Å². The van der Waals surface area contributed by atoms with E-state index in [1.54, 1.807) is 23.9 Å². The van der Waals surface area contributed by atoms with Gasteiger partial charge in [0.15, 0.2) is 0 Å². The molecule has 1 rings (SSSR count). The minimum atomic E-state index is -0.383. The van der Waals surface area contributed by atoms with E-state index in [0.717, 1.165) is 4.90 Å². The highest BCUT2D eigenvalue weighted by molar-refractivity contribution is 7.99. The number of hydrogen-bond acceptors (Lipinski definition) is 3. The molecule has 20 heavy (non-hydrogen) atoms. The number of carbonyl (C=O) groups excluding carboxylic acids is 1. The number of benzene rings is 1. The lowest BCUT2D eigenvalue weighted by Crippen LogP contribution is -2.50. The Morgan fingerprint density at radius 1 is 1.40 bits per heavy atom. The molecule has 3 N–H and O–H groups in total. The quantitative estimate of drug-likeness (QED) is 0.792. The summed E-state index contributed by atoms with van der Waals surface area (Å²) in [6.07, 6.45) is 0. The maximum atomic E-state index is 12.8. The molecule has 0 aromatic heterocycles. The summed E-state index contributed by atoms with van der Waals surface area (Å²) in [4.78, 5) is 12.9. The summed E-state index contributed by atoms with van der Waals surface area (Å²) in [6.45, 7) is 6.06. The number of thioether (sulfide) groups is 1. The third-order valence-corrected chi connectivity index (χ3v) is 4.01. The Morgan fingerprint density at radius 3 is 2.45 bits per heavy atom. The number of halogens is 2. The Morgan fingerprint density at radius 2 is 1.95 bits per heavy atom. The van der Waals surface area contributed by atoms with Gasteiger partial charge in [-0.2, -0.15) is 0 Å². The van der Waals surface area contributed by atoms with E-state index >= 15 is 0 Å². The molecule has 0 aliphatic carbocycles. The molecule has 1 unspecified atom stereocenters. The zero-order valence-corrected chi connectivity index (χ0v) is 13.6. The first-order valence-electron chi connectivity index (χ1n) is 6.24. The predicted octanol–water partition coefficient (Wildman–Crippen LogP) is 2.83. The molecule has 0 heterocycles. The van der Waals surface area contributed by atoms with Crippen molar-refractivity contribution in [2.24, 2.45) is 11.7 Å². The van der Waals surface area contributed by atoms with E-state index in [4.69, 9.17) is 5.73 Å². The standard InChI is InChI=1S/C14H21FN2OS.ClH/c1-10(13(18)17-14(2,3)9-16)8-19-12-6-4-11(15)5-7-12;/h4-7,10H,8-9,16H2,1-3H3,(H,17,18);1H. The summed E-state index contributed by atoms with van der Waals surface area (Å²) in [5.74, 6) is 0.267. The molecule has 0 bridgehead atoms. The molecule has 0 aliphatic heterocycles. The van der Waals surface area contributed by atoms with Crippen molar-refractivity contribution in [3.8, 4) is 0 Å². The zero-order valence-electron chi connectivity index (χ0n) is 12.0. The van der Waals surface area contributed by atoms with Gasteiger partial charge in [-0.15, -0.1) is 24.2 Å². The average Bonchev–Trinajstić information content (AvgIpc) is 2.37. The first kappa shape index (κ1) is 19.2. The van der Waals surface area contributed by atoms with Crippen LogP contribution in [0.3, 0.4) is 0 Å². The molecule has 0 radical (unpaired) electrons. The minimum Gasteiger partial charge on any atom is -0.350 e. The maximum absolute atomic E-state index is 12.8. The molecule has 114 valence electrons. The topological polar surface area (TPSA) is 55.1 Å². The van der Waals surface area contributed by atoms with Gasteiger partial charge in [0, 0.05) is 28.6 Å². The van der Waals surface area contributed by atoms with Crippen molar-refractivity contribution in [3.05, 3.63) is 30.1 Å². The second-order valence-corrected chi connectivity index (χ2v) is 6.34. The number of nitrogens with two attached hydrogens (primary N) is 1. The van der Waals surface area contributed by atoms with Gasteiger partial charge in [0.2, 0.25) is 5.91 Å². The smallest absolute Gasteiger partial charge is 0.224 e. The number of nitrogens with one attached hydrogen (secondary N) is 1. The molecule has 3 nitrogen and oxygen atoms in total. The van der Waals surface area contributed by atoms with Gasteiger partial charge in [-0.3, -0.25) is 4.79 Å². The van der Waals surface area contributed by atoms with Gasteiger partial charge >= 0.3 is 0 Å². The van der Waals surface area contributed by atoms with Crippen molar-refractivity contribution >= 4 is 30.1 Å². The van der Waals surface area contributed by atoms with Gasteiger partial charge in [0.1, 0.15) is 5.82 Å². The Labute approximate surface area is 130 Å². The van der Waals surface area contributed by atoms with E-state index in [9.17, 15) is 9.18 Å². The Balaban J connectivity index is 0.00000361. The van der Waals surface area contributed by atoms with Crippen molar-refractivity contribution < 1.29 is 9.18 Å². The Kier molecular flexibility index (Phi) is 8.16. The lowest BCUT2D eigenvalue weighted by Gasteiger charge is -2.26. The van der Waals surface area contributed by atoms with Crippen molar-refractivity contribution in [3.63, 3.8) is 0 Å². The molecule has 0 aliphatic rings. The molecule has 1 atom stereocenters. The highest BCUT2D eigenvalue weighted by Gasteiger charge is 2.22. The van der Waals surface area contributed by atoms with Crippen molar-refractivity contribution in [2.75, 3.05) is 12.3 Å². The predicted molar refractivity (Wildman–Crippen MR) is 84.8 cm³/mol. The van der Waals surface area contributed by atoms with E-state index in [2.05, 4.69) is 5.32 Å². The molecular weight excluding hydrogens is 299 g/mol. The van der Waals surface area contributed by atoms with Gasteiger partial charge in [0.05, 0.1) is 0 Å². The fraction of sp³-hybridized carbons (Fsp3) is 0.500. The van der Waals surface area contributed by atoms with E-state index in [1.165, 1.54) is 12.1 Å². The number of rotatable bonds is 6. The number of hydrogen-bond donors (Lipinski definition) is 2. The lowest BCUT2D eigenvalue weighted by atomic mass is 10.0. The first-order valence-corrected chi connectivity index (χ1v) is 7.23. The monoisotopic (exact) mass is 320 g/mol. The van der Waals surface area contributed by atoms with Crippen molar-refractivity contribution in [2.45, 2.75) is 31.2 Å². The van der Waals surface area contributed by atoms with Crippen LogP contribution in [-0.2, 0) is 4.79 Å². The Hall–Kier alpha value is -0.780. The lowest BCUT2D eigenvalue weighted by molar-refractivity contribution is -0.125. The van der Waals surface area contributed by atoms with Gasteiger partial charge in [-0.25, -0.2) is 4.39 Å². The van der Waals surface area contributed by atoms with E-state index in [-0.39, 0.29) is 35.6 Å². The van der Waals surface area contributed by atoms with Crippen molar-refractivity contribution in [1.29, 1.82) is 0 Å². The molecular formula is C14H22ClFN2OS. The molecule has 1 aromatic carbocycles. The fourth-order valence-electron chi connectivity index (χ4n) is 1.34. The van der Waals surface area contributed by atoms with Crippen LogP contribution in [0.2, 0.25) is 0 Å². The summed E-state index contributed by atoms with van der Waals surface area (Å²) < 4.78 is 12.8. The van der Waals surface area contributed by atoms with E-state index in [0.29, 0.717) is 12.3 Å². The van der Waals surface area contributed by atoms with Crippen LogP contribution in [0.4, 0.5) is 4.39 Å². The molecule has 1 amide bonds.